The summed E-state index contributed by atoms with van der Waals surface area (Å²) in [6, 6.07) is 3.34. The maximum atomic E-state index is 12.0. The first-order valence-electron chi connectivity index (χ1n) is 8.15. The molecule has 2 aromatic rings. The topological polar surface area (TPSA) is 85.0 Å². The fourth-order valence-electron chi connectivity index (χ4n) is 2.84. The number of nitrogens with one attached hydrogen (secondary N) is 2. The molecule has 124 valence electrons. The largest absolute Gasteiger partial charge is 0.464 e. The van der Waals surface area contributed by atoms with Crippen LogP contribution in [0.2, 0.25) is 0 Å². The van der Waals surface area contributed by atoms with Crippen molar-refractivity contribution in [1.82, 2.24) is 25.4 Å². The van der Waals surface area contributed by atoms with Gasteiger partial charge < -0.3 is 19.6 Å². The van der Waals surface area contributed by atoms with Gasteiger partial charge in [-0.15, -0.1) is 10.2 Å². The number of carbonyl (C=O) groups is 1. The third-order valence-electron chi connectivity index (χ3n) is 4.13. The van der Waals surface area contributed by atoms with Crippen molar-refractivity contribution in [2.24, 2.45) is 0 Å². The number of fused-ring (bicyclic) bond motifs is 1. The zero-order chi connectivity index (χ0) is 16.2. The number of hydrogen-bond acceptors (Lipinski definition) is 4. The van der Waals surface area contributed by atoms with Crippen molar-refractivity contribution in [1.29, 1.82) is 0 Å². The number of rotatable bonds is 4. The van der Waals surface area contributed by atoms with Gasteiger partial charge in [0.1, 0.15) is 17.3 Å². The van der Waals surface area contributed by atoms with Crippen LogP contribution in [-0.4, -0.2) is 20.8 Å². The van der Waals surface area contributed by atoms with Crippen LogP contribution in [-0.2, 0) is 19.5 Å². The molecule has 7 nitrogen and oxygen atoms in total. The Kier molecular flexibility index (Phi) is 4.64. The number of amides is 2. The standard InChI is InChI=1S/C16H23N5O2/c1-11-7-8-13(23-11)12(2)18-16(22)17-10-15-20-19-14-6-4-3-5-9-21(14)15/h7-8,12H,3-6,9-10H2,1-2H3,(H2,17,18,22)/t12-/m0/s1. The van der Waals surface area contributed by atoms with E-state index in [1.54, 1.807) is 0 Å². The molecule has 0 aromatic carbocycles. The Hall–Kier alpha value is -2.31. The van der Waals surface area contributed by atoms with E-state index in [0.29, 0.717) is 6.54 Å². The molecule has 2 amide bonds. The molecule has 0 unspecified atom stereocenters. The number of urea groups is 1. The monoisotopic (exact) mass is 317 g/mol. The molecule has 0 fully saturated rings. The number of nitrogens with zero attached hydrogens (tertiary/aromatic N) is 3. The summed E-state index contributed by atoms with van der Waals surface area (Å²) in [5.74, 6) is 3.42. The molecule has 0 saturated carbocycles. The van der Waals surface area contributed by atoms with Crippen molar-refractivity contribution in [3.63, 3.8) is 0 Å². The van der Waals surface area contributed by atoms with Gasteiger partial charge in [0.2, 0.25) is 0 Å². The van der Waals surface area contributed by atoms with Crippen LogP contribution in [0.3, 0.4) is 0 Å². The molecule has 7 heteroatoms. The molecular weight excluding hydrogens is 294 g/mol. The summed E-state index contributed by atoms with van der Waals surface area (Å²) >= 11 is 0. The van der Waals surface area contributed by atoms with Crippen LogP contribution in [0.25, 0.3) is 0 Å². The first-order valence-corrected chi connectivity index (χ1v) is 8.15. The molecule has 1 aliphatic rings. The lowest BCUT2D eigenvalue weighted by Gasteiger charge is -2.13. The molecule has 2 N–H and O–H groups in total. The fourth-order valence-corrected chi connectivity index (χ4v) is 2.84. The SMILES string of the molecule is Cc1ccc([C@H](C)NC(=O)NCc2nnc3n2CCCCC3)o1. The molecule has 0 spiro atoms. The van der Waals surface area contributed by atoms with E-state index in [9.17, 15) is 4.79 Å². The predicted octanol–water partition coefficient (Wildman–Crippen LogP) is 2.47. The average molecular weight is 317 g/mol. The third-order valence-corrected chi connectivity index (χ3v) is 4.13. The van der Waals surface area contributed by atoms with E-state index in [-0.39, 0.29) is 12.1 Å². The Labute approximate surface area is 135 Å². The van der Waals surface area contributed by atoms with Crippen LogP contribution in [0, 0.1) is 6.92 Å². The van der Waals surface area contributed by atoms with E-state index in [0.717, 1.165) is 49.0 Å². The van der Waals surface area contributed by atoms with Crippen molar-refractivity contribution < 1.29 is 9.21 Å². The third kappa shape index (κ3) is 3.72. The lowest BCUT2D eigenvalue weighted by Crippen LogP contribution is -2.37. The summed E-state index contributed by atoms with van der Waals surface area (Å²) in [7, 11) is 0. The summed E-state index contributed by atoms with van der Waals surface area (Å²) < 4.78 is 7.65. The highest BCUT2D eigenvalue weighted by Crippen LogP contribution is 2.16. The Balaban J connectivity index is 1.54. The van der Waals surface area contributed by atoms with Gasteiger partial charge in [-0.3, -0.25) is 0 Å². The number of aromatic nitrogens is 3. The Morgan fingerprint density at radius 3 is 3.00 bits per heavy atom. The van der Waals surface area contributed by atoms with Crippen LogP contribution in [0.4, 0.5) is 4.79 Å². The van der Waals surface area contributed by atoms with E-state index in [1.807, 2.05) is 26.0 Å². The van der Waals surface area contributed by atoms with Gasteiger partial charge in [-0.1, -0.05) is 6.42 Å². The van der Waals surface area contributed by atoms with Gasteiger partial charge in [0.15, 0.2) is 5.82 Å². The van der Waals surface area contributed by atoms with Gasteiger partial charge >= 0.3 is 6.03 Å². The zero-order valence-electron chi connectivity index (χ0n) is 13.6. The normalized spacial score (nSPS) is 15.6. The van der Waals surface area contributed by atoms with E-state index < -0.39 is 0 Å². The van der Waals surface area contributed by atoms with Crippen LogP contribution < -0.4 is 10.6 Å². The van der Waals surface area contributed by atoms with Gasteiger partial charge in [-0.05, 0) is 38.8 Å². The second-order valence-electron chi connectivity index (χ2n) is 5.99. The van der Waals surface area contributed by atoms with Gasteiger partial charge in [0.25, 0.3) is 0 Å². The lowest BCUT2D eigenvalue weighted by atomic mass is 10.2. The van der Waals surface area contributed by atoms with Crippen molar-refractivity contribution in [2.45, 2.75) is 58.7 Å². The van der Waals surface area contributed by atoms with E-state index in [4.69, 9.17) is 4.42 Å². The molecule has 0 aliphatic carbocycles. The zero-order valence-corrected chi connectivity index (χ0v) is 13.6. The number of hydrogen-bond donors (Lipinski definition) is 2. The fraction of sp³-hybridized carbons (Fsp3) is 0.562. The van der Waals surface area contributed by atoms with E-state index in [2.05, 4.69) is 25.4 Å². The molecule has 3 rings (SSSR count). The number of furan rings is 1. The van der Waals surface area contributed by atoms with E-state index in [1.165, 1.54) is 6.42 Å². The highest BCUT2D eigenvalue weighted by Gasteiger charge is 2.16. The molecule has 23 heavy (non-hydrogen) atoms. The Morgan fingerprint density at radius 1 is 1.35 bits per heavy atom. The van der Waals surface area contributed by atoms with E-state index >= 15 is 0 Å². The van der Waals surface area contributed by atoms with Crippen LogP contribution in [0.1, 0.15) is 55.4 Å². The minimum absolute atomic E-state index is 0.181. The summed E-state index contributed by atoms with van der Waals surface area (Å²) in [5, 5.41) is 14.1. The molecule has 0 bridgehead atoms. The molecule has 2 aromatic heterocycles. The highest BCUT2D eigenvalue weighted by molar-refractivity contribution is 5.74. The molecule has 1 atom stereocenters. The smallest absolute Gasteiger partial charge is 0.315 e. The van der Waals surface area contributed by atoms with Crippen LogP contribution in [0.15, 0.2) is 16.5 Å². The minimum Gasteiger partial charge on any atom is -0.464 e. The second-order valence-corrected chi connectivity index (χ2v) is 5.99. The summed E-state index contributed by atoms with van der Waals surface area (Å²) in [4.78, 5) is 12.0. The molecule has 0 saturated heterocycles. The number of carbonyl (C=O) groups excluding carboxylic acids is 1. The second kappa shape index (κ2) is 6.85. The van der Waals surface area contributed by atoms with Gasteiger partial charge in [0.05, 0.1) is 12.6 Å². The summed E-state index contributed by atoms with van der Waals surface area (Å²) in [6.45, 7) is 5.08. The Morgan fingerprint density at radius 2 is 2.22 bits per heavy atom. The quantitative estimate of drug-likeness (QED) is 0.907. The summed E-state index contributed by atoms with van der Waals surface area (Å²) in [5.41, 5.74) is 0. The van der Waals surface area contributed by atoms with Gasteiger partial charge in [-0.2, -0.15) is 0 Å². The number of aryl methyl sites for hydroxylation is 2. The maximum Gasteiger partial charge on any atom is 0.315 e. The van der Waals surface area contributed by atoms with Crippen molar-refractivity contribution in [2.75, 3.05) is 0 Å². The summed E-state index contributed by atoms with van der Waals surface area (Å²) in [6.07, 6.45) is 4.48. The Bertz CT molecular complexity index is 676. The van der Waals surface area contributed by atoms with Gasteiger partial charge in [0, 0.05) is 13.0 Å². The van der Waals surface area contributed by atoms with Crippen LogP contribution in [0.5, 0.6) is 0 Å². The molecular formula is C16H23N5O2. The van der Waals surface area contributed by atoms with Gasteiger partial charge in [-0.25, -0.2) is 4.79 Å². The van der Waals surface area contributed by atoms with Crippen LogP contribution >= 0.6 is 0 Å². The van der Waals surface area contributed by atoms with Crippen molar-refractivity contribution >= 4 is 6.03 Å². The molecule has 0 radical (unpaired) electrons. The first kappa shape index (κ1) is 15.6. The molecule has 1 aliphatic heterocycles. The van der Waals surface area contributed by atoms with Crippen molar-refractivity contribution in [3.8, 4) is 0 Å². The minimum atomic E-state index is -0.238. The molecule has 3 heterocycles. The lowest BCUT2D eigenvalue weighted by molar-refractivity contribution is 0.235. The predicted molar refractivity (Wildman–Crippen MR) is 84.8 cm³/mol. The highest BCUT2D eigenvalue weighted by atomic mass is 16.3. The maximum absolute atomic E-state index is 12.0. The first-order chi connectivity index (χ1) is 11.1. The average Bonchev–Trinajstić information content (AvgIpc) is 3.05. The van der Waals surface area contributed by atoms with Crippen molar-refractivity contribution in [3.05, 3.63) is 35.3 Å².